The van der Waals surface area contributed by atoms with E-state index in [2.05, 4.69) is 12.2 Å². The standard InChI is InChI=1S/C11H6F14N2O2S/c1-26(3(28)6(12,13)8(16,17)10(20,21)22)5(30)27(2)4(29)7(14,15)9(18,19)11(23,24)25/h1-2H3. The summed E-state index contributed by atoms with van der Waals surface area (Å²) in [6.07, 6.45) is -14.0. The van der Waals surface area contributed by atoms with Crippen molar-refractivity contribution in [1.82, 2.24) is 9.80 Å². The molecule has 0 heterocycles. The van der Waals surface area contributed by atoms with E-state index >= 15 is 0 Å². The second-order valence-electron chi connectivity index (χ2n) is 5.30. The van der Waals surface area contributed by atoms with Gasteiger partial charge in [0, 0.05) is 14.1 Å². The minimum Gasteiger partial charge on any atom is -0.286 e. The molecule has 0 bridgehead atoms. The van der Waals surface area contributed by atoms with Gasteiger partial charge in [0.15, 0.2) is 5.11 Å². The van der Waals surface area contributed by atoms with Gasteiger partial charge in [-0.3, -0.25) is 19.4 Å². The molecule has 0 fully saturated rings. The first-order valence-corrected chi connectivity index (χ1v) is 6.96. The zero-order valence-electron chi connectivity index (χ0n) is 13.9. The van der Waals surface area contributed by atoms with E-state index in [-0.39, 0.29) is 14.1 Å². The summed E-state index contributed by atoms with van der Waals surface area (Å²) in [5.41, 5.74) is 0. The third-order valence-corrected chi connectivity index (χ3v) is 3.77. The molecule has 30 heavy (non-hydrogen) atoms. The van der Waals surface area contributed by atoms with Gasteiger partial charge in [0.1, 0.15) is 0 Å². The normalized spacial score (nSPS) is 14.4. The van der Waals surface area contributed by atoms with Crippen molar-refractivity contribution in [2.24, 2.45) is 0 Å². The first-order valence-electron chi connectivity index (χ1n) is 6.55. The summed E-state index contributed by atoms with van der Waals surface area (Å²) in [5.74, 6) is -34.5. The van der Waals surface area contributed by atoms with Crippen molar-refractivity contribution in [1.29, 1.82) is 0 Å². The van der Waals surface area contributed by atoms with Crippen LogP contribution in [-0.2, 0) is 9.59 Å². The van der Waals surface area contributed by atoms with Crippen molar-refractivity contribution >= 4 is 29.1 Å². The molecule has 2 amide bonds. The minimum atomic E-state index is -7.04. The molecule has 4 nitrogen and oxygen atoms in total. The van der Waals surface area contributed by atoms with Gasteiger partial charge in [-0.15, -0.1) is 0 Å². The lowest BCUT2D eigenvalue weighted by Gasteiger charge is -2.34. The van der Waals surface area contributed by atoms with E-state index in [0.717, 1.165) is 0 Å². The summed E-state index contributed by atoms with van der Waals surface area (Å²) in [5, 5.41) is -2.12. The Labute approximate surface area is 161 Å². The van der Waals surface area contributed by atoms with Crippen LogP contribution in [-0.4, -0.2) is 76.9 Å². The van der Waals surface area contributed by atoms with Crippen molar-refractivity contribution in [3.63, 3.8) is 0 Å². The fourth-order valence-corrected chi connectivity index (χ4v) is 1.61. The second-order valence-corrected chi connectivity index (χ2v) is 5.67. The molecule has 0 aliphatic carbocycles. The highest BCUT2D eigenvalue weighted by Crippen LogP contribution is 2.48. The highest BCUT2D eigenvalue weighted by atomic mass is 32.1. The SMILES string of the molecule is CN(C(=O)C(F)(F)C(F)(F)C(F)(F)F)C(=S)N(C)C(=O)C(F)(F)C(F)(F)C(F)(F)F. The molecule has 0 aromatic heterocycles. The van der Waals surface area contributed by atoms with Crippen molar-refractivity contribution in [2.75, 3.05) is 14.1 Å². The number of carbonyl (C=O) groups excluding carboxylic acids is 2. The summed E-state index contributed by atoms with van der Waals surface area (Å²) in [4.78, 5) is 20.3. The summed E-state index contributed by atoms with van der Waals surface area (Å²) in [7, 11) is -0.316. The van der Waals surface area contributed by atoms with Gasteiger partial charge in [0.2, 0.25) is 0 Å². The molecular weight excluding hydrogens is 490 g/mol. The van der Waals surface area contributed by atoms with E-state index in [0.29, 0.717) is 0 Å². The Morgan fingerprint density at radius 2 is 0.767 bits per heavy atom. The van der Waals surface area contributed by atoms with Crippen LogP contribution in [0.25, 0.3) is 0 Å². The monoisotopic (exact) mass is 496 g/mol. The average molecular weight is 496 g/mol. The van der Waals surface area contributed by atoms with Crippen LogP contribution in [0, 0.1) is 0 Å². The first-order chi connectivity index (χ1) is 12.8. The largest absolute Gasteiger partial charge is 0.460 e. The fraction of sp³-hybridized carbons (Fsp3) is 0.727. The van der Waals surface area contributed by atoms with Crippen LogP contribution in [0.1, 0.15) is 0 Å². The van der Waals surface area contributed by atoms with Crippen LogP contribution >= 0.6 is 12.2 Å². The molecule has 0 N–H and O–H groups in total. The maximum atomic E-state index is 13.3. The molecule has 0 saturated heterocycles. The molecule has 0 radical (unpaired) electrons. The Hall–Kier alpha value is -1.95. The topological polar surface area (TPSA) is 40.6 Å². The lowest BCUT2D eigenvalue weighted by atomic mass is 10.1. The van der Waals surface area contributed by atoms with E-state index < -0.39 is 62.8 Å². The van der Waals surface area contributed by atoms with Gasteiger partial charge < -0.3 is 0 Å². The number of carbonyl (C=O) groups is 2. The number of alkyl halides is 14. The minimum absolute atomic E-state index is 0.158. The van der Waals surface area contributed by atoms with Crippen LogP contribution in [0.4, 0.5) is 61.5 Å². The molecule has 0 aliphatic rings. The molecular formula is C11H6F14N2O2S. The summed E-state index contributed by atoms with van der Waals surface area (Å²) in [6.45, 7) is 0. The predicted molar refractivity (Wildman–Crippen MR) is 70.0 cm³/mol. The molecule has 0 saturated carbocycles. The third-order valence-electron chi connectivity index (χ3n) is 3.22. The number of hydrogen-bond acceptors (Lipinski definition) is 3. The van der Waals surface area contributed by atoms with Gasteiger partial charge in [-0.2, -0.15) is 61.5 Å². The Kier molecular flexibility index (Phi) is 7.13. The van der Waals surface area contributed by atoms with Gasteiger partial charge in [-0.25, -0.2) is 0 Å². The highest BCUT2D eigenvalue weighted by molar-refractivity contribution is 7.80. The molecule has 0 rings (SSSR count). The Morgan fingerprint density at radius 3 is 0.933 bits per heavy atom. The summed E-state index contributed by atoms with van der Waals surface area (Å²) in [6, 6.07) is 0. The predicted octanol–water partition coefficient (Wildman–Crippen LogP) is 3.85. The second kappa shape index (κ2) is 7.63. The van der Waals surface area contributed by atoms with E-state index in [1.165, 1.54) is 0 Å². The van der Waals surface area contributed by atoms with E-state index in [1.807, 2.05) is 0 Å². The molecule has 19 heteroatoms. The smallest absolute Gasteiger partial charge is 0.286 e. The highest BCUT2D eigenvalue weighted by Gasteiger charge is 2.78. The molecule has 176 valence electrons. The number of nitrogens with zero attached hydrogens (tertiary/aromatic N) is 2. The summed E-state index contributed by atoms with van der Waals surface area (Å²) < 4.78 is 177. The van der Waals surface area contributed by atoms with E-state index in [1.54, 1.807) is 0 Å². The first kappa shape index (κ1) is 28.1. The van der Waals surface area contributed by atoms with Gasteiger partial charge in [-0.05, 0) is 12.2 Å². The maximum Gasteiger partial charge on any atom is 0.460 e. The van der Waals surface area contributed by atoms with Crippen LogP contribution < -0.4 is 0 Å². The van der Waals surface area contributed by atoms with Crippen molar-refractivity contribution in [3.05, 3.63) is 0 Å². The van der Waals surface area contributed by atoms with E-state index in [4.69, 9.17) is 0 Å². The number of thiocarbonyl (C=S) groups is 1. The molecule has 0 unspecified atom stereocenters. The Morgan fingerprint density at radius 1 is 0.567 bits per heavy atom. The fourth-order valence-electron chi connectivity index (χ4n) is 1.44. The van der Waals surface area contributed by atoms with Gasteiger partial charge in [-0.1, -0.05) is 0 Å². The number of amides is 2. The van der Waals surface area contributed by atoms with Crippen LogP contribution in [0.3, 0.4) is 0 Å². The number of rotatable bonds is 4. The van der Waals surface area contributed by atoms with Gasteiger partial charge >= 0.3 is 47.9 Å². The average Bonchev–Trinajstić information content (AvgIpc) is 2.55. The lowest BCUT2D eigenvalue weighted by Crippen LogP contribution is -2.64. The molecule has 0 aromatic carbocycles. The van der Waals surface area contributed by atoms with Crippen molar-refractivity contribution in [3.8, 4) is 0 Å². The van der Waals surface area contributed by atoms with Crippen LogP contribution in [0.5, 0.6) is 0 Å². The van der Waals surface area contributed by atoms with Gasteiger partial charge in [0.05, 0.1) is 0 Å². The molecule has 0 aliphatic heterocycles. The van der Waals surface area contributed by atoms with Crippen LogP contribution in [0.2, 0.25) is 0 Å². The van der Waals surface area contributed by atoms with Crippen LogP contribution in [0.15, 0.2) is 0 Å². The Balaban J connectivity index is 5.94. The quantitative estimate of drug-likeness (QED) is 0.439. The van der Waals surface area contributed by atoms with Crippen molar-refractivity contribution in [2.45, 2.75) is 36.0 Å². The Bertz CT molecular complexity index is 656. The van der Waals surface area contributed by atoms with E-state index in [9.17, 15) is 71.1 Å². The zero-order valence-corrected chi connectivity index (χ0v) is 14.7. The summed E-state index contributed by atoms with van der Waals surface area (Å²) >= 11 is 3.91. The van der Waals surface area contributed by atoms with Gasteiger partial charge in [0.25, 0.3) is 0 Å². The lowest BCUT2D eigenvalue weighted by molar-refractivity contribution is -0.345. The molecule has 0 atom stereocenters. The number of hydrogen-bond donors (Lipinski definition) is 0. The zero-order chi connectivity index (χ0) is 24.9. The third kappa shape index (κ3) is 4.25. The van der Waals surface area contributed by atoms with Crippen molar-refractivity contribution < 1.29 is 71.1 Å². The molecule has 0 aromatic rings. The number of halogens is 14. The maximum absolute atomic E-state index is 13.3. The molecule has 0 spiro atoms.